The van der Waals surface area contributed by atoms with Crippen molar-refractivity contribution in [1.29, 1.82) is 0 Å². The van der Waals surface area contributed by atoms with Crippen LogP contribution in [0.25, 0.3) is 133 Å². The third kappa shape index (κ3) is 9.92. The molecule has 20 rings (SSSR count). The van der Waals surface area contributed by atoms with E-state index in [2.05, 4.69) is 324 Å². The maximum absolute atomic E-state index is 7.14. The van der Waals surface area contributed by atoms with Gasteiger partial charge in [0.05, 0.1) is 0 Å². The van der Waals surface area contributed by atoms with Crippen LogP contribution in [0.5, 0.6) is 0 Å². The van der Waals surface area contributed by atoms with Gasteiger partial charge in [0.2, 0.25) is 0 Å². The number of hydrogen-bond acceptors (Lipinski definition) is 3. The highest BCUT2D eigenvalue weighted by Crippen LogP contribution is 2.65. The first-order valence-electron chi connectivity index (χ1n) is 40.8. The summed E-state index contributed by atoms with van der Waals surface area (Å²) in [7, 11) is 0. The van der Waals surface area contributed by atoms with Crippen molar-refractivity contribution in [3.63, 3.8) is 0 Å². The number of aryl methyl sites for hydroxylation is 1. The van der Waals surface area contributed by atoms with Crippen molar-refractivity contribution in [2.45, 2.75) is 180 Å². The second-order valence-electron chi connectivity index (χ2n) is 34.9. The Morgan fingerprint density at radius 2 is 0.697 bits per heavy atom. The largest absolute Gasteiger partial charge is 0.455 e. The van der Waals surface area contributed by atoms with Crippen LogP contribution >= 0.6 is 0 Å². The summed E-state index contributed by atoms with van der Waals surface area (Å²) in [5.41, 5.74) is 41.9. The summed E-state index contributed by atoms with van der Waals surface area (Å²) in [4.78, 5) is 2.50. The van der Waals surface area contributed by atoms with Crippen molar-refractivity contribution >= 4 is 60.9 Å². The third-order valence-electron chi connectivity index (χ3n) is 27.2. The van der Waals surface area contributed by atoms with E-state index in [-0.39, 0.29) is 27.1 Å². The molecule has 0 saturated carbocycles. The van der Waals surface area contributed by atoms with Crippen molar-refractivity contribution in [3.05, 3.63) is 304 Å². The second kappa shape index (κ2) is 24.9. The maximum atomic E-state index is 7.14. The zero-order chi connectivity index (χ0) is 74.2. The van der Waals surface area contributed by atoms with Crippen LogP contribution in [0.4, 0.5) is 17.1 Å². The van der Waals surface area contributed by atoms with Crippen LogP contribution in [0.1, 0.15) is 207 Å². The van der Waals surface area contributed by atoms with E-state index in [1.165, 1.54) is 221 Å². The number of unbranched alkanes of at least 4 members (excludes halogenated alkanes) is 8. The number of rotatable bonds is 18. The molecule has 109 heavy (non-hydrogen) atoms. The molecule has 3 heteroatoms. The number of nitrogens with zero attached hydrogens (tertiary/aromatic N) is 1. The number of anilines is 3. The van der Waals surface area contributed by atoms with E-state index >= 15 is 0 Å². The Balaban J connectivity index is 0.636. The maximum Gasteiger partial charge on any atom is 0.144 e. The lowest BCUT2D eigenvalue weighted by Gasteiger charge is -2.33. The van der Waals surface area contributed by atoms with E-state index in [4.69, 9.17) is 8.83 Å². The molecule has 0 atom stereocenters. The molecule has 0 radical (unpaired) electrons. The van der Waals surface area contributed by atoms with E-state index in [9.17, 15) is 0 Å². The highest BCUT2D eigenvalue weighted by Gasteiger charge is 2.50. The van der Waals surface area contributed by atoms with Crippen LogP contribution in [0, 0.1) is 6.92 Å². The van der Waals surface area contributed by atoms with Gasteiger partial charge in [-0.05, 0) is 226 Å². The summed E-state index contributed by atoms with van der Waals surface area (Å²) in [5.74, 6) is 0. The molecular weight excluding hydrogens is 1320 g/mol. The van der Waals surface area contributed by atoms with Crippen LogP contribution in [0.3, 0.4) is 0 Å². The van der Waals surface area contributed by atoms with Gasteiger partial charge in [-0.25, -0.2) is 0 Å². The van der Waals surface area contributed by atoms with Crippen molar-refractivity contribution in [3.8, 4) is 89.0 Å². The van der Waals surface area contributed by atoms with Gasteiger partial charge in [0, 0.05) is 76.8 Å². The third-order valence-corrected chi connectivity index (χ3v) is 27.2. The fourth-order valence-corrected chi connectivity index (χ4v) is 21.5. The zero-order valence-electron chi connectivity index (χ0n) is 65.3. The number of benzene rings is 13. The summed E-state index contributed by atoms with van der Waals surface area (Å²) < 4.78 is 14.2. The first kappa shape index (κ1) is 67.6. The van der Waals surface area contributed by atoms with Gasteiger partial charge >= 0.3 is 0 Å². The Morgan fingerprint density at radius 3 is 1.31 bits per heavy atom. The summed E-state index contributed by atoms with van der Waals surface area (Å²) in [6.07, 6.45) is 15.5. The lowest BCUT2D eigenvalue weighted by Crippen LogP contribution is -2.25. The molecule has 0 bridgehead atoms. The fraction of sp³-hybridized carbons (Fsp3) is 0.264. The summed E-state index contributed by atoms with van der Waals surface area (Å²) in [5, 5.41) is 4.71. The lowest BCUT2D eigenvalue weighted by molar-refractivity contribution is 0.399. The molecule has 5 aliphatic rings. The van der Waals surface area contributed by atoms with Crippen LogP contribution in [-0.4, -0.2) is 0 Å². The van der Waals surface area contributed by atoms with E-state index in [1.807, 2.05) is 0 Å². The SMILES string of the molecule is CCCCCCCC1(CCCCCCC)c2ccccc2-c2ccc(-c3ccc4c(c3)C(C)(C)c3cc(-c5ccc(-c6cc7c(c8c6oc6ccccc68)-c6ccc(N(c8ccc(C)cc8)c8ccc9c(c8)C(C)(C)c8c%10c(c%11oc%12ccccc%12c%11c8-9)-c8ccccc8C%10(C)C)cc6C7(C)C)cc5)ccc3-4)cc21. The molecule has 3 nitrogen and oxygen atoms in total. The van der Waals surface area contributed by atoms with E-state index < -0.39 is 0 Å². The second-order valence-corrected chi connectivity index (χ2v) is 34.9. The monoisotopic (exact) mass is 1420 g/mol. The van der Waals surface area contributed by atoms with Gasteiger partial charge < -0.3 is 13.7 Å². The molecule has 538 valence electrons. The van der Waals surface area contributed by atoms with Gasteiger partial charge in [0.1, 0.15) is 22.3 Å². The minimum atomic E-state index is -0.373. The summed E-state index contributed by atoms with van der Waals surface area (Å²) in [6, 6.07) is 93.4. The van der Waals surface area contributed by atoms with Crippen LogP contribution in [0.15, 0.2) is 251 Å². The standard InChI is InChI=1S/C106H97NO2/c1-12-14-16-18-28-56-106(57-29-19-17-15-13-2)84-35-25-20-30-73(84)76-53-46-69(60-89(76)106)68-45-52-75-74-51-44-67(58-85(74)102(4,5)86(75)59-68)65-40-42-66(43-41-65)82-63-90-93(95-80-32-22-26-36-91(80)108-100(82)95)78-54-49-71(61-87(78)103(90,6)7)107(70-47-38-64(3)39-48-70)72-50-55-79-88(62-72)105(10,11)98-94(79)96-81-33-23-27-37-92(81)109-101(96)97-77-31-21-24-34-83(77)104(8,9)99(97)98/h20-27,30-55,58-63H,12-19,28-29,56-57H2,1-11H3. The van der Waals surface area contributed by atoms with Crippen molar-refractivity contribution in [2.24, 2.45) is 0 Å². The molecule has 0 spiro atoms. The molecule has 2 aromatic heterocycles. The molecule has 0 fully saturated rings. The van der Waals surface area contributed by atoms with Crippen molar-refractivity contribution in [2.75, 3.05) is 4.90 Å². The topological polar surface area (TPSA) is 29.5 Å². The number of furan rings is 2. The van der Waals surface area contributed by atoms with Gasteiger partial charge in [-0.3, -0.25) is 0 Å². The highest BCUT2D eigenvalue weighted by molar-refractivity contribution is 6.22. The first-order valence-corrected chi connectivity index (χ1v) is 40.8. The zero-order valence-corrected chi connectivity index (χ0v) is 65.3. The normalized spacial score (nSPS) is 15.6. The van der Waals surface area contributed by atoms with E-state index in [0.717, 1.165) is 55.9 Å². The smallest absolute Gasteiger partial charge is 0.144 e. The van der Waals surface area contributed by atoms with Gasteiger partial charge in [-0.1, -0.05) is 309 Å². The molecular formula is C106H97NO2. The van der Waals surface area contributed by atoms with Crippen LogP contribution in [-0.2, 0) is 27.1 Å². The molecule has 0 amide bonds. The van der Waals surface area contributed by atoms with Crippen LogP contribution in [0.2, 0.25) is 0 Å². The van der Waals surface area contributed by atoms with Gasteiger partial charge in [-0.2, -0.15) is 0 Å². The Labute approximate surface area is 643 Å². The van der Waals surface area contributed by atoms with Gasteiger partial charge in [0.15, 0.2) is 0 Å². The molecule has 0 unspecified atom stereocenters. The number of hydrogen-bond donors (Lipinski definition) is 0. The average molecular weight is 1420 g/mol. The Kier molecular flexibility index (Phi) is 15.4. The molecule has 0 aliphatic heterocycles. The predicted molar refractivity (Wildman–Crippen MR) is 460 cm³/mol. The summed E-state index contributed by atoms with van der Waals surface area (Å²) in [6.45, 7) is 26.4. The first-order chi connectivity index (χ1) is 52.9. The molecule has 15 aromatic rings. The van der Waals surface area contributed by atoms with Gasteiger partial charge in [0.25, 0.3) is 0 Å². The van der Waals surface area contributed by atoms with E-state index in [0.29, 0.717) is 0 Å². The Hall–Kier alpha value is -10.7. The lowest BCUT2D eigenvalue weighted by atomic mass is 9.70. The minimum absolute atomic E-state index is 0.0455. The molecule has 13 aromatic carbocycles. The fourth-order valence-electron chi connectivity index (χ4n) is 21.5. The highest BCUT2D eigenvalue weighted by atomic mass is 16.3. The van der Waals surface area contributed by atoms with Crippen molar-refractivity contribution < 1.29 is 8.83 Å². The molecule has 0 N–H and O–H groups in total. The predicted octanol–water partition coefficient (Wildman–Crippen LogP) is 30.5. The average Bonchev–Trinajstić information content (AvgIpc) is 1.51. The summed E-state index contributed by atoms with van der Waals surface area (Å²) >= 11 is 0. The van der Waals surface area contributed by atoms with Gasteiger partial charge in [-0.15, -0.1) is 0 Å². The Bertz CT molecular complexity index is 6260. The molecule has 5 aliphatic carbocycles. The minimum Gasteiger partial charge on any atom is -0.455 e. The van der Waals surface area contributed by atoms with Crippen LogP contribution < -0.4 is 4.90 Å². The van der Waals surface area contributed by atoms with Crippen molar-refractivity contribution in [1.82, 2.24) is 0 Å². The molecule has 2 heterocycles. The number of fused-ring (bicyclic) bond motifs is 25. The quantitative estimate of drug-likeness (QED) is 0.0802. The van der Waals surface area contributed by atoms with E-state index in [1.54, 1.807) is 11.1 Å². The molecule has 0 saturated heterocycles. The number of para-hydroxylation sites is 2. The Morgan fingerprint density at radius 1 is 0.284 bits per heavy atom.